The third-order valence-electron chi connectivity index (χ3n) is 3.86. The third kappa shape index (κ3) is 4.35. The Hall–Kier alpha value is -3.42. The molecule has 1 aromatic carbocycles. The quantitative estimate of drug-likeness (QED) is 0.678. The largest absolute Gasteiger partial charge is 0.477 e. The lowest BCUT2D eigenvalue weighted by Crippen LogP contribution is -2.17. The van der Waals surface area contributed by atoms with E-state index in [9.17, 15) is 9.59 Å². The van der Waals surface area contributed by atoms with Crippen molar-refractivity contribution in [3.8, 4) is 0 Å². The zero-order valence-electron chi connectivity index (χ0n) is 14.3. The average Bonchev–Trinajstić information content (AvgIpc) is 3.24. The predicted molar refractivity (Wildman–Crippen MR) is 94.9 cm³/mol. The van der Waals surface area contributed by atoms with Gasteiger partial charge in [0.25, 0.3) is 0 Å². The lowest BCUT2D eigenvalue weighted by Gasteiger charge is -2.05. The number of carbonyl (C=O) groups is 2. The number of rotatable bonds is 7. The number of hydrogen-bond acceptors (Lipinski definition) is 4. The van der Waals surface area contributed by atoms with Gasteiger partial charge >= 0.3 is 5.97 Å². The molecule has 0 aliphatic carbocycles. The fourth-order valence-corrected chi connectivity index (χ4v) is 2.50. The molecule has 0 atom stereocenters. The highest BCUT2D eigenvalue weighted by Gasteiger charge is 2.12. The third-order valence-corrected chi connectivity index (χ3v) is 3.86. The van der Waals surface area contributed by atoms with Gasteiger partial charge in [0.1, 0.15) is 5.69 Å². The Morgan fingerprint density at radius 1 is 1.15 bits per heavy atom. The van der Waals surface area contributed by atoms with Gasteiger partial charge in [0.2, 0.25) is 5.91 Å². The van der Waals surface area contributed by atoms with Crippen LogP contribution in [0.2, 0.25) is 0 Å². The van der Waals surface area contributed by atoms with Gasteiger partial charge in [0.05, 0.1) is 13.1 Å². The minimum atomic E-state index is -1.07. The molecule has 2 N–H and O–H groups in total. The Kier molecular flexibility index (Phi) is 5.12. The van der Waals surface area contributed by atoms with Crippen LogP contribution in [-0.2, 0) is 17.9 Å². The highest BCUT2D eigenvalue weighted by molar-refractivity contribution is 5.89. The summed E-state index contributed by atoms with van der Waals surface area (Å²) < 4.78 is 3.04. The molecular formula is C18H19N5O3. The number of nitrogens with zero attached hydrogens (tertiary/aromatic N) is 4. The van der Waals surface area contributed by atoms with Gasteiger partial charge in [-0.3, -0.25) is 14.2 Å². The molecule has 134 valence electrons. The number of carbonyl (C=O) groups excluding carboxylic acids is 1. The first-order valence-corrected chi connectivity index (χ1v) is 8.15. The number of amides is 1. The maximum atomic E-state index is 12.0. The van der Waals surface area contributed by atoms with E-state index in [1.807, 2.05) is 31.2 Å². The minimum Gasteiger partial charge on any atom is -0.477 e. The van der Waals surface area contributed by atoms with Crippen molar-refractivity contribution in [3.05, 3.63) is 65.6 Å². The van der Waals surface area contributed by atoms with Crippen molar-refractivity contribution in [1.29, 1.82) is 0 Å². The van der Waals surface area contributed by atoms with E-state index < -0.39 is 5.97 Å². The van der Waals surface area contributed by atoms with Gasteiger partial charge in [-0.05, 0) is 18.6 Å². The van der Waals surface area contributed by atoms with Gasteiger partial charge in [0, 0.05) is 24.9 Å². The van der Waals surface area contributed by atoms with Gasteiger partial charge in [-0.15, -0.1) is 0 Å². The van der Waals surface area contributed by atoms with Crippen LogP contribution < -0.4 is 5.32 Å². The molecule has 0 bridgehead atoms. The van der Waals surface area contributed by atoms with Crippen LogP contribution in [0.25, 0.3) is 0 Å². The summed E-state index contributed by atoms with van der Waals surface area (Å²) in [5, 5.41) is 20.0. The zero-order chi connectivity index (χ0) is 18.5. The molecule has 0 fully saturated rings. The van der Waals surface area contributed by atoms with Gasteiger partial charge in [-0.25, -0.2) is 4.79 Å². The van der Waals surface area contributed by atoms with E-state index in [4.69, 9.17) is 5.11 Å². The van der Waals surface area contributed by atoms with Crippen molar-refractivity contribution in [2.75, 3.05) is 5.32 Å². The first kappa shape index (κ1) is 17.4. The summed E-state index contributed by atoms with van der Waals surface area (Å²) in [5.74, 6) is -0.865. The summed E-state index contributed by atoms with van der Waals surface area (Å²) >= 11 is 0. The molecule has 3 aromatic rings. The molecule has 0 aliphatic rings. The van der Waals surface area contributed by atoms with Crippen LogP contribution in [-0.4, -0.2) is 36.5 Å². The van der Waals surface area contributed by atoms with Gasteiger partial charge in [0.15, 0.2) is 5.82 Å². The molecule has 0 saturated carbocycles. The molecule has 2 aromatic heterocycles. The van der Waals surface area contributed by atoms with E-state index in [0.29, 0.717) is 12.4 Å². The highest BCUT2D eigenvalue weighted by atomic mass is 16.4. The highest BCUT2D eigenvalue weighted by Crippen LogP contribution is 2.09. The van der Waals surface area contributed by atoms with Crippen LogP contribution in [0.3, 0.4) is 0 Å². The summed E-state index contributed by atoms with van der Waals surface area (Å²) in [7, 11) is 0. The van der Waals surface area contributed by atoms with E-state index in [1.54, 1.807) is 16.9 Å². The van der Waals surface area contributed by atoms with Crippen molar-refractivity contribution >= 4 is 17.7 Å². The number of carboxylic acids is 1. The summed E-state index contributed by atoms with van der Waals surface area (Å²) in [4.78, 5) is 23.1. The zero-order valence-corrected chi connectivity index (χ0v) is 14.3. The van der Waals surface area contributed by atoms with Crippen molar-refractivity contribution in [2.24, 2.45) is 0 Å². The Labute approximate surface area is 150 Å². The van der Waals surface area contributed by atoms with Crippen LogP contribution in [0.15, 0.2) is 48.8 Å². The number of carboxylic acid groups (broad SMARTS) is 1. The van der Waals surface area contributed by atoms with Gasteiger partial charge < -0.3 is 10.4 Å². The van der Waals surface area contributed by atoms with E-state index in [0.717, 1.165) is 5.56 Å². The Balaban J connectivity index is 1.53. The number of aromatic carboxylic acids is 1. The number of anilines is 1. The molecular weight excluding hydrogens is 334 g/mol. The number of hydrogen-bond donors (Lipinski definition) is 2. The number of benzene rings is 1. The molecule has 0 aliphatic heterocycles. The Morgan fingerprint density at radius 3 is 2.65 bits per heavy atom. The van der Waals surface area contributed by atoms with E-state index in [-0.39, 0.29) is 24.6 Å². The SMILES string of the molecule is Cc1ccc(Cn2ccc(NC(=O)CCn3nccc3C(=O)O)n2)cc1. The second-order valence-corrected chi connectivity index (χ2v) is 5.93. The first-order valence-electron chi connectivity index (χ1n) is 8.15. The monoisotopic (exact) mass is 353 g/mol. The number of nitrogens with one attached hydrogen (secondary N) is 1. The summed E-state index contributed by atoms with van der Waals surface area (Å²) in [6.45, 7) is 2.84. The van der Waals surface area contributed by atoms with Crippen LogP contribution in [0, 0.1) is 6.92 Å². The Bertz CT molecular complexity index is 911. The maximum Gasteiger partial charge on any atom is 0.354 e. The van der Waals surface area contributed by atoms with E-state index >= 15 is 0 Å². The predicted octanol–water partition coefficient (Wildman–Crippen LogP) is 2.16. The average molecular weight is 353 g/mol. The minimum absolute atomic E-state index is 0.0557. The molecule has 0 unspecified atom stereocenters. The standard InChI is InChI=1S/C18H19N5O3/c1-13-2-4-14(5-3-13)12-22-10-7-16(21-22)20-17(24)8-11-23-15(18(25)26)6-9-19-23/h2-7,9-10H,8,11-12H2,1H3,(H,25,26)(H,20,21,24). The van der Waals surface area contributed by atoms with Crippen molar-refractivity contribution in [2.45, 2.75) is 26.4 Å². The number of aryl methyl sites for hydroxylation is 2. The molecule has 1 amide bonds. The smallest absolute Gasteiger partial charge is 0.354 e. The van der Waals surface area contributed by atoms with Crippen LogP contribution in [0.1, 0.15) is 28.0 Å². The lowest BCUT2D eigenvalue weighted by atomic mass is 10.1. The lowest BCUT2D eigenvalue weighted by molar-refractivity contribution is -0.116. The van der Waals surface area contributed by atoms with Gasteiger partial charge in [-0.2, -0.15) is 10.2 Å². The van der Waals surface area contributed by atoms with Crippen molar-refractivity contribution in [1.82, 2.24) is 19.6 Å². The first-order chi connectivity index (χ1) is 12.5. The van der Waals surface area contributed by atoms with Crippen molar-refractivity contribution in [3.63, 3.8) is 0 Å². The second-order valence-electron chi connectivity index (χ2n) is 5.93. The molecule has 0 radical (unpaired) electrons. The fraction of sp³-hybridized carbons (Fsp3) is 0.222. The summed E-state index contributed by atoms with van der Waals surface area (Å²) in [6.07, 6.45) is 3.30. The molecule has 2 heterocycles. The molecule has 0 spiro atoms. The van der Waals surface area contributed by atoms with Crippen LogP contribution >= 0.6 is 0 Å². The van der Waals surface area contributed by atoms with E-state index in [2.05, 4.69) is 15.5 Å². The topological polar surface area (TPSA) is 102 Å². The van der Waals surface area contributed by atoms with Gasteiger partial charge in [-0.1, -0.05) is 29.8 Å². The molecule has 8 heteroatoms. The molecule has 3 rings (SSSR count). The Morgan fingerprint density at radius 2 is 1.92 bits per heavy atom. The maximum absolute atomic E-state index is 12.0. The molecule has 0 saturated heterocycles. The fourth-order valence-electron chi connectivity index (χ4n) is 2.50. The van der Waals surface area contributed by atoms with Crippen molar-refractivity contribution < 1.29 is 14.7 Å². The summed E-state index contributed by atoms with van der Waals surface area (Å²) in [5.41, 5.74) is 2.38. The number of aromatic nitrogens is 4. The normalized spacial score (nSPS) is 10.7. The molecule has 8 nitrogen and oxygen atoms in total. The molecule has 26 heavy (non-hydrogen) atoms. The van der Waals surface area contributed by atoms with Crippen LogP contribution in [0.4, 0.5) is 5.82 Å². The second kappa shape index (κ2) is 7.64. The summed E-state index contributed by atoms with van der Waals surface area (Å²) in [6, 6.07) is 11.3. The van der Waals surface area contributed by atoms with Crippen LogP contribution in [0.5, 0.6) is 0 Å². The van der Waals surface area contributed by atoms with E-state index in [1.165, 1.54) is 22.5 Å².